The fourth-order valence-corrected chi connectivity index (χ4v) is 2.44. The summed E-state index contributed by atoms with van der Waals surface area (Å²) in [7, 11) is 0. The number of nitrogens with one attached hydrogen (secondary N) is 1. The molecule has 25 heavy (non-hydrogen) atoms. The topological polar surface area (TPSA) is 55.4 Å². The molecule has 0 atom stereocenters. The summed E-state index contributed by atoms with van der Waals surface area (Å²) in [4.78, 5) is 24.0. The van der Waals surface area contributed by atoms with Gasteiger partial charge in [-0.25, -0.2) is 4.79 Å². The Labute approximate surface area is 149 Å². The van der Waals surface area contributed by atoms with Crippen LogP contribution < -0.4 is 5.32 Å². The highest BCUT2D eigenvalue weighted by atomic mass is 16.5. The molecule has 0 radical (unpaired) electrons. The van der Waals surface area contributed by atoms with E-state index in [1.165, 1.54) is 11.1 Å². The SMILES string of the molecule is Cc1ccc(CCCC(=O)Nc2cccc(C(=O)OC(C)C)c2)cc1. The zero-order valence-corrected chi connectivity index (χ0v) is 15.0. The first-order valence-corrected chi connectivity index (χ1v) is 8.60. The van der Waals surface area contributed by atoms with E-state index in [9.17, 15) is 9.59 Å². The van der Waals surface area contributed by atoms with E-state index in [0.29, 0.717) is 17.7 Å². The lowest BCUT2D eigenvalue weighted by atomic mass is 10.1. The van der Waals surface area contributed by atoms with Gasteiger partial charge in [0.15, 0.2) is 0 Å². The second-order valence-corrected chi connectivity index (χ2v) is 6.42. The van der Waals surface area contributed by atoms with E-state index in [4.69, 9.17) is 4.74 Å². The molecule has 2 rings (SSSR count). The molecule has 2 aromatic rings. The summed E-state index contributed by atoms with van der Waals surface area (Å²) in [6.07, 6.45) is 1.92. The zero-order chi connectivity index (χ0) is 18.2. The molecule has 0 heterocycles. The average Bonchev–Trinajstić information content (AvgIpc) is 2.56. The number of hydrogen-bond donors (Lipinski definition) is 1. The Morgan fingerprint density at radius 3 is 2.48 bits per heavy atom. The van der Waals surface area contributed by atoms with Crippen LogP contribution in [-0.2, 0) is 16.0 Å². The Morgan fingerprint density at radius 1 is 1.08 bits per heavy atom. The summed E-state index contributed by atoms with van der Waals surface area (Å²) in [6, 6.07) is 15.2. The Balaban J connectivity index is 1.83. The van der Waals surface area contributed by atoms with Crippen molar-refractivity contribution in [1.29, 1.82) is 0 Å². The van der Waals surface area contributed by atoms with Gasteiger partial charge in [0.25, 0.3) is 0 Å². The molecule has 0 unspecified atom stereocenters. The van der Waals surface area contributed by atoms with Gasteiger partial charge in [-0.2, -0.15) is 0 Å². The molecular weight excluding hydrogens is 314 g/mol. The summed E-state index contributed by atoms with van der Waals surface area (Å²) in [5, 5.41) is 2.84. The lowest BCUT2D eigenvalue weighted by molar-refractivity contribution is -0.116. The molecule has 0 saturated heterocycles. The number of carbonyl (C=O) groups is 2. The van der Waals surface area contributed by atoms with Crippen molar-refractivity contribution in [2.45, 2.75) is 46.1 Å². The summed E-state index contributed by atoms with van der Waals surface area (Å²) in [5.41, 5.74) is 3.51. The van der Waals surface area contributed by atoms with Crippen molar-refractivity contribution in [3.05, 3.63) is 65.2 Å². The quantitative estimate of drug-likeness (QED) is 0.755. The van der Waals surface area contributed by atoms with E-state index in [1.807, 2.05) is 0 Å². The number of ether oxygens (including phenoxy) is 1. The zero-order valence-electron chi connectivity index (χ0n) is 15.0. The molecule has 1 amide bonds. The molecule has 0 aliphatic heterocycles. The van der Waals surface area contributed by atoms with Gasteiger partial charge in [-0.05, 0) is 57.4 Å². The maximum absolute atomic E-state index is 12.1. The highest BCUT2D eigenvalue weighted by molar-refractivity contribution is 5.94. The monoisotopic (exact) mass is 339 g/mol. The van der Waals surface area contributed by atoms with Crippen molar-refractivity contribution in [2.24, 2.45) is 0 Å². The molecule has 4 heteroatoms. The van der Waals surface area contributed by atoms with E-state index in [2.05, 4.69) is 36.5 Å². The fourth-order valence-electron chi connectivity index (χ4n) is 2.44. The number of rotatable bonds is 7. The Morgan fingerprint density at radius 2 is 1.80 bits per heavy atom. The smallest absolute Gasteiger partial charge is 0.338 e. The van der Waals surface area contributed by atoms with Crippen LogP contribution in [0.3, 0.4) is 0 Å². The summed E-state index contributed by atoms with van der Waals surface area (Å²) in [5.74, 6) is -0.438. The average molecular weight is 339 g/mol. The van der Waals surface area contributed by atoms with Crippen molar-refractivity contribution in [2.75, 3.05) is 5.32 Å². The Kier molecular flexibility index (Phi) is 6.75. The summed E-state index contributed by atoms with van der Waals surface area (Å²) in [6.45, 7) is 5.66. The maximum atomic E-state index is 12.1. The first-order chi connectivity index (χ1) is 11.9. The lowest BCUT2D eigenvalue weighted by Gasteiger charge is -2.10. The van der Waals surface area contributed by atoms with Gasteiger partial charge in [0.1, 0.15) is 0 Å². The minimum atomic E-state index is -0.384. The van der Waals surface area contributed by atoms with Crippen molar-refractivity contribution in [3.8, 4) is 0 Å². The first kappa shape index (κ1) is 18.7. The van der Waals surface area contributed by atoms with Crippen molar-refractivity contribution in [3.63, 3.8) is 0 Å². The van der Waals surface area contributed by atoms with Crippen molar-refractivity contribution >= 4 is 17.6 Å². The number of carbonyl (C=O) groups excluding carboxylic acids is 2. The van der Waals surface area contributed by atoms with Crippen LogP contribution in [0.5, 0.6) is 0 Å². The van der Waals surface area contributed by atoms with E-state index in [0.717, 1.165) is 12.8 Å². The van der Waals surface area contributed by atoms with Gasteiger partial charge >= 0.3 is 5.97 Å². The van der Waals surface area contributed by atoms with E-state index < -0.39 is 0 Å². The largest absolute Gasteiger partial charge is 0.459 e. The molecule has 1 N–H and O–H groups in total. The van der Waals surface area contributed by atoms with Gasteiger partial charge in [-0.15, -0.1) is 0 Å². The number of esters is 1. The van der Waals surface area contributed by atoms with Gasteiger partial charge in [0.2, 0.25) is 5.91 Å². The van der Waals surface area contributed by atoms with Gasteiger partial charge in [-0.1, -0.05) is 35.9 Å². The van der Waals surface area contributed by atoms with Crippen LogP contribution in [0.4, 0.5) is 5.69 Å². The molecule has 0 saturated carbocycles. The molecule has 0 bridgehead atoms. The molecule has 0 aliphatic carbocycles. The Bertz CT molecular complexity index is 720. The number of benzene rings is 2. The second kappa shape index (κ2) is 9.02. The number of anilines is 1. The molecule has 2 aromatic carbocycles. The summed E-state index contributed by atoms with van der Waals surface area (Å²) >= 11 is 0. The third-order valence-electron chi connectivity index (χ3n) is 3.71. The number of hydrogen-bond acceptors (Lipinski definition) is 3. The standard InChI is InChI=1S/C21H25NO3/c1-15(2)25-21(24)18-7-5-8-19(14-18)22-20(23)9-4-6-17-12-10-16(3)11-13-17/h5,7-8,10-15H,4,6,9H2,1-3H3,(H,22,23). The van der Waals surface area contributed by atoms with Crippen LogP contribution >= 0.6 is 0 Å². The normalized spacial score (nSPS) is 10.6. The van der Waals surface area contributed by atoms with Crippen LogP contribution in [0.1, 0.15) is 48.2 Å². The number of amides is 1. The highest BCUT2D eigenvalue weighted by Crippen LogP contribution is 2.14. The molecule has 4 nitrogen and oxygen atoms in total. The summed E-state index contributed by atoms with van der Waals surface area (Å²) < 4.78 is 5.17. The van der Waals surface area contributed by atoms with E-state index >= 15 is 0 Å². The van der Waals surface area contributed by atoms with E-state index in [1.54, 1.807) is 38.1 Å². The second-order valence-electron chi connectivity index (χ2n) is 6.42. The maximum Gasteiger partial charge on any atom is 0.338 e. The Hall–Kier alpha value is -2.62. The van der Waals surface area contributed by atoms with Gasteiger partial charge in [0, 0.05) is 12.1 Å². The predicted molar refractivity (Wildman–Crippen MR) is 99.7 cm³/mol. The molecule has 0 fully saturated rings. The van der Waals surface area contributed by atoms with Gasteiger partial charge in [0.05, 0.1) is 11.7 Å². The fraction of sp³-hybridized carbons (Fsp3) is 0.333. The minimum Gasteiger partial charge on any atom is -0.459 e. The van der Waals surface area contributed by atoms with Crippen LogP contribution in [-0.4, -0.2) is 18.0 Å². The van der Waals surface area contributed by atoms with Crippen molar-refractivity contribution < 1.29 is 14.3 Å². The van der Waals surface area contributed by atoms with Crippen LogP contribution in [0.2, 0.25) is 0 Å². The van der Waals surface area contributed by atoms with E-state index in [-0.39, 0.29) is 18.0 Å². The van der Waals surface area contributed by atoms with Crippen LogP contribution in [0, 0.1) is 6.92 Å². The van der Waals surface area contributed by atoms with Gasteiger partial charge < -0.3 is 10.1 Å². The third-order valence-corrected chi connectivity index (χ3v) is 3.71. The lowest BCUT2D eigenvalue weighted by Crippen LogP contribution is -2.14. The van der Waals surface area contributed by atoms with Crippen LogP contribution in [0.25, 0.3) is 0 Å². The molecule has 0 aliphatic rings. The predicted octanol–water partition coefficient (Wildman–Crippen LogP) is 4.52. The van der Waals surface area contributed by atoms with Crippen LogP contribution in [0.15, 0.2) is 48.5 Å². The van der Waals surface area contributed by atoms with Gasteiger partial charge in [-0.3, -0.25) is 4.79 Å². The number of aryl methyl sites for hydroxylation is 2. The molecule has 132 valence electrons. The minimum absolute atomic E-state index is 0.0542. The molecule has 0 aromatic heterocycles. The molecular formula is C21H25NO3. The van der Waals surface area contributed by atoms with Crippen molar-refractivity contribution in [1.82, 2.24) is 0 Å². The first-order valence-electron chi connectivity index (χ1n) is 8.60. The molecule has 0 spiro atoms. The third kappa shape index (κ3) is 6.42. The highest BCUT2D eigenvalue weighted by Gasteiger charge is 2.10.